The molecule has 92 valence electrons. The van der Waals surface area contributed by atoms with Crippen LogP contribution in [0.4, 0.5) is 8.78 Å². The molecule has 0 saturated heterocycles. The van der Waals surface area contributed by atoms with Gasteiger partial charge in [-0.15, -0.1) is 4.41 Å². The van der Waals surface area contributed by atoms with Crippen LogP contribution in [-0.2, 0) is 10.2 Å². The van der Waals surface area contributed by atoms with Crippen molar-refractivity contribution in [1.82, 2.24) is 9.42 Å². The van der Waals surface area contributed by atoms with Crippen LogP contribution in [0, 0.1) is 0 Å². The summed E-state index contributed by atoms with van der Waals surface area (Å²) in [6, 6.07) is 0. The number of hydrazine groups is 1. The molecular formula is C6H15F2N3O3S. The minimum atomic E-state index is -4.22. The van der Waals surface area contributed by atoms with E-state index in [0.717, 1.165) is 5.01 Å². The highest BCUT2D eigenvalue weighted by Crippen LogP contribution is 2.20. The average molecular weight is 247 g/mol. The normalized spacial score (nSPS) is 13.9. The second-order valence-corrected chi connectivity index (χ2v) is 4.65. The van der Waals surface area contributed by atoms with Crippen molar-refractivity contribution < 1.29 is 22.3 Å². The van der Waals surface area contributed by atoms with Gasteiger partial charge in [0.05, 0.1) is 6.54 Å². The van der Waals surface area contributed by atoms with Gasteiger partial charge >= 0.3 is 0 Å². The van der Waals surface area contributed by atoms with Gasteiger partial charge < -0.3 is 5.11 Å². The third kappa shape index (κ3) is 5.33. The lowest BCUT2D eigenvalue weighted by atomic mass is 10.2. The van der Waals surface area contributed by atoms with Crippen molar-refractivity contribution in [2.45, 2.75) is 12.3 Å². The van der Waals surface area contributed by atoms with E-state index in [0.29, 0.717) is 4.41 Å². The van der Waals surface area contributed by atoms with E-state index in [9.17, 15) is 17.2 Å². The van der Waals surface area contributed by atoms with Gasteiger partial charge in [-0.05, 0) is 0 Å². The molecule has 0 aliphatic carbocycles. The predicted molar refractivity (Wildman–Crippen MR) is 50.2 cm³/mol. The fourth-order valence-electron chi connectivity index (χ4n) is 0.900. The average Bonchev–Trinajstić information content (AvgIpc) is 1.97. The Labute approximate surface area is 87.4 Å². The molecule has 0 aromatic rings. The predicted octanol–water partition coefficient (Wildman–Crippen LogP) is -1.01. The fourth-order valence-corrected chi connectivity index (χ4v) is 1.72. The highest BCUT2D eigenvalue weighted by atomic mass is 32.2. The zero-order chi connectivity index (χ0) is 12.3. The third-order valence-corrected chi connectivity index (χ3v) is 2.63. The fraction of sp³-hybridized carbons (Fsp3) is 1.00. The van der Waals surface area contributed by atoms with Crippen LogP contribution in [0.5, 0.6) is 0 Å². The van der Waals surface area contributed by atoms with E-state index in [-0.39, 0.29) is 0 Å². The summed E-state index contributed by atoms with van der Waals surface area (Å²) >= 11 is 0. The Kier molecular flexibility index (Phi) is 5.00. The zero-order valence-corrected chi connectivity index (χ0v) is 9.34. The molecule has 15 heavy (non-hydrogen) atoms. The largest absolute Gasteiger partial charge is 0.396 e. The molecule has 0 atom stereocenters. The van der Waals surface area contributed by atoms with E-state index in [4.69, 9.17) is 10.2 Å². The number of nitrogens with zero attached hydrogens (tertiary/aromatic N) is 2. The van der Waals surface area contributed by atoms with Gasteiger partial charge in [-0.1, -0.05) is 0 Å². The number of hydrogen-bond donors (Lipinski definition) is 2. The van der Waals surface area contributed by atoms with Crippen molar-refractivity contribution >= 4 is 10.2 Å². The molecule has 0 aliphatic heterocycles. The highest BCUT2D eigenvalue weighted by molar-refractivity contribution is 7.86. The van der Waals surface area contributed by atoms with Crippen LogP contribution in [0.15, 0.2) is 0 Å². The van der Waals surface area contributed by atoms with Crippen molar-refractivity contribution in [1.29, 1.82) is 0 Å². The maximum Gasteiger partial charge on any atom is 0.290 e. The number of aliphatic hydroxyl groups excluding tert-OH is 1. The second-order valence-electron chi connectivity index (χ2n) is 3.20. The van der Waals surface area contributed by atoms with Crippen molar-refractivity contribution in [3.05, 3.63) is 0 Å². The highest BCUT2D eigenvalue weighted by Gasteiger charge is 2.36. The Bertz CT molecular complexity index is 294. The molecule has 0 saturated carbocycles. The molecule has 0 unspecified atom stereocenters. The SMILES string of the molecule is CN(C)N(CC(F)(F)CCO)S(N)(=O)=O. The van der Waals surface area contributed by atoms with Crippen LogP contribution in [0.3, 0.4) is 0 Å². The molecule has 9 heteroatoms. The summed E-state index contributed by atoms with van der Waals surface area (Å²) in [5, 5.41) is 14.1. The van der Waals surface area contributed by atoms with Crippen LogP contribution < -0.4 is 5.14 Å². The minimum Gasteiger partial charge on any atom is -0.396 e. The summed E-state index contributed by atoms with van der Waals surface area (Å²) in [4.78, 5) is 0. The van der Waals surface area contributed by atoms with E-state index in [2.05, 4.69) is 0 Å². The first kappa shape index (κ1) is 14.6. The Morgan fingerprint density at radius 1 is 1.40 bits per heavy atom. The number of hydrogen-bond acceptors (Lipinski definition) is 4. The molecule has 0 radical (unpaired) electrons. The van der Waals surface area contributed by atoms with Gasteiger partial charge in [-0.25, -0.2) is 18.9 Å². The lowest BCUT2D eigenvalue weighted by Gasteiger charge is -2.29. The first-order valence-electron chi connectivity index (χ1n) is 4.06. The van der Waals surface area contributed by atoms with E-state index < -0.39 is 35.7 Å². The molecular weight excluding hydrogens is 232 g/mol. The van der Waals surface area contributed by atoms with Crippen LogP contribution in [0.1, 0.15) is 6.42 Å². The van der Waals surface area contributed by atoms with Gasteiger partial charge in [0.15, 0.2) is 0 Å². The van der Waals surface area contributed by atoms with E-state index in [1.54, 1.807) is 0 Å². The molecule has 6 nitrogen and oxygen atoms in total. The summed E-state index contributed by atoms with van der Waals surface area (Å²) < 4.78 is 48.2. The Morgan fingerprint density at radius 2 is 1.87 bits per heavy atom. The van der Waals surface area contributed by atoms with Gasteiger partial charge in [0.1, 0.15) is 0 Å². The summed E-state index contributed by atoms with van der Waals surface area (Å²) in [5.74, 6) is -3.31. The lowest BCUT2D eigenvalue weighted by Crippen LogP contribution is -2.50. The van der Waals surface area contributed by atoms with E-state index in [1.165, 1.54) is 14.1 Å². The number of aliphatic hydroxyl groups is 1. The van der Waals surface area contributed by atoms with Crippen LogP contribution >= 0.6 is 0 Å². The minimum absolute atomic E-state index is 0.336. The Morgan fingerprint density at radius 3 is 2.13 bits per heavy atom. The van der Waals surface area contributed by atoms with Crippen molar-refractivity contribution in [3.8, 4) is 0 Å². The summed E-state index contributed by atoms with van der Waals surface area (Å²) in [6.07, 6.45) is -0.813. The van der Waals surface area contributed by atoms with Gasteiger partial charge in [0, 0.05) is 27.1 Å². The van der Waals surface area contributed by atoms with E-state index in [1.807, 2.05) is 0 Å². The maximum absolute atomic E-state index is 13.0. The summed E-state index contributed by atoms with van der Waals surface area (Å²) in [5.41, 5.74) is 0. The van der Waals surface area contributed by atoms with Crippen molar-refractivity contribution in [3.63, 3.8) is 0 Å². The number of rotatable bonds is 6. The lowest BCUT2D eigenvalue weighted by molar-refractivity contribution is -0.0643. The van der Waals surface area contributed by atoms with Gasteiger partial charge in [0.25, 0.3) is 16.1 Å². The quantitative estimate of drug-likeness (QED) is 0.589. The number of alkyl halides is 2. The topological polar surface area (TPSA) is 86.9 Å². The first-order chi connectivity index (χ1) is 6.60. The molecule has 0 aromatic heterocycles. The summed E-state index contributed by atoms with van der Waals surface area (Å²) in [7, 11) is -1.66. The van der Waals surface area contributed by atoms with Crippen LogP contribution in [-0.4, -0.2) is 56.1 Å². The molecule has 0 heterocycles. The standard InChI is InChI=1S/C6H15F2N3O3S/c1-10(2)11(15(9,13)14)5-6(7,8)3-4-12/h12H,3-5H2,1-2H3,(H2,9,13,14). The Balaban J connectivity index is 4.71. The zero-order valence-electron chi connectivity index (χ0n) is 8.52. The van der Waals surface area contributed by atoms with E-state index >= 15 is 0 Å². The second kappa shape index (κ2) is 5.12. The molecule has 0 rings (SSSR count). The smallest absolute Gasteiger partial charge is 0.290 e. The molecule has 0 aromatic carbocycles. The van der Waals surface area contributed by atoms with Crippen molar-refractivity contribution in [2.24, 2.45) is 5.14 Å². The van der Waals surface area contributed by atoms with Crippen LogP contribution in [0.2, 0.25) is 0 Å². The Hall–Kier alpha value is -0.350. The van der Waals surface area contributed by atoms with Gasteiger partial charge in [-0.2, -0.15) is 8.42 Å². The molecule has 3 N–H and O–H groups in total. The first-order valence-corrected chi connectivity index (χ1v) is 5.57. The van der Waals surface area contributed by atoms with Gasteiger partial charge in [-0.3, -0.25) is 0 Å². The molecule has 0 amide bonds. The van der Waals surface area contributed by atoms with Crippen LogP contribution in [0.25, 0.3) is 0 Å². The van der Waals surface area contributed by atoms with Crippen molar-refractivity contribution in [2.75, 3.05) is 27.2 Å². The monoisotopic (exact) mass is 247 g/mol. The summed E-state index contributed by atoms with van der Waals surface area (Å²) in [6.45, 7) is -1.81. The number of nitrogens with two attached hydrogens (primary N) is 1. The van der Waals surface area contributed by atoms with Gasteiger partial charge in [0.2, 0.25) is 0 Å². The molecule has 0 aliphatic rings. The molecule has 0 fully saturated rings. The third-order valence-electron chi connectivity index (χ3n) is 1.58. The maximum atomic E-state index is 13.0. The molecule has 0 spiro atoms. The molecule has 0 bridgehead atoms. The number of halogens is 2.